The summed E-state index contributed by atoms with van der Waals surface area (Å²) >= 11 is 0. The maximum atomic E-state index is 3.66. The molecule has 0 spiro atoms. The summed E-state index contributed by atoms with van der Waals surface area (Å²) in [5.41, 5.74) is 3.53. The van der Waals surface area contributed by atoms with Crippen molar-refractivity contribution in [2.24, 2.45) is 5.92 Å². The van der Waals surface area contributed by atoms with Crippen molar-refractivity contribution >= 4 is 0 Å². The van der Waals surface area contributed by atoms with Gasteiger partial charge in [-0.05, 0) is 48.8 Å². The Morgan fingerprint density at radius 2 is 1.83 bits per heavy atom. The number of hydrogen-bond donors (Lipinski definition) is 1. The zero-order chi connectivity index (χ0) is 12.8. The van der Waals surface area contributed by atoms with Crippen molar-refractivity contribution in [3.05, 3.63) is 47.5 Å². The molecule has 0 saturated heterocycles. The molecule has 0 aliphatic heterocycles. The lowest BCUT2D eigenvalue weighted by molar-refractivity contribution is 0.148. The fraction of sp³-hybridized carbons (Fsp3) is 0.529. The second kappa shape index (κ2) is 3.96. The van der Waals surface area contributed by atoms with Crippen LogP contribution >= 0.6 is 0 Å². The van der Waals surface area contributed by atoms with Crippen LogP contribution in [-0.2, 0) is 11.0 Å². The molecule has 0 heterocycles. The maximum absolute atomic E-state index is 3.66. The van der Waals surface area contributed by atoms with Gasteiger partial charge in [-0.3, -0.25) is 0 Å². The second-order valence-corrected chi connectivity index (χ2v) is 6.46. The predicted octanol–water partition coefficient (Wildman–Crippen LogP) is 3.75. The minimum Gasteiger partial charge on any atom is -0.310 e. The van der Waals surface area contributed by atoms with Crippen molar-refractivity contribution in [3.63, 3.8) is 0 Å². The van der Waals surface area contributed by atoms with E-state index in [0.29, 0.717) is 5.41 Å². The fourth-order valence-corrected chi connectivity index (χ4v) is 4.11. The Kier molecular flexibility index (Phi) is 2.63. The minimum absolute atomic E-state index is 0.168. The number of rotatable bonds is 1. The molecule has 0 fully saturated rings. The van der Waals surface area contributed by atoms with Crippen LogP contribution in [0.4, 0.5) is 0 Å². The highest BCUT2D eigenvalue weighted by Gasteiger charge is 2.48. The molecule has 18 heavy (non-hydrogen) atoms. The number of hydrogen-bond acceptors (Lipinski definition) is 1. The van der Waals surface area contributed by atoms with E-state index < -0.39 is 0 Å². The van der Waals surface area contributed by atoms with Crippen LogP contribution in [0.15, 0.2) is 36.4 Å². The van der Waals surface area contributed by atoms with E-state index in [-0.39, 0.29) is 5.54 Å². The molecular weight excluding hydrogens is 218 g/mol. The zero-order valence-corrected chi connectivity index (χ0v) is 11.7. The smallest absolute Gasteiger partial charge is 0.0501 e. The van der Waals surface area contributed by atoms with Gasteiger partial charge in [-0.25, -0.2) is 0 Å². The molecule has 2 aliphatic carbocycles. The van der Waals surface area contributed by atoms with Crippen LogP contribution in [0, 0.1) is 5.92 Å². The first kappa shape index (κ1) is 12.0. The van der Waals surface area contributed by atoms with Gasteiger partial charge in [-0.1, -0.05) is 50.3 Å². The molecular formula is C17H23N. The molecule has 0 radical (unpaired) electrons. The summed E-state index contributed by atoms with van der Waals surface area (Å²) in [4.78, 5) is 0. The highest BCUT2D eigenvalue weighted by molar-refractivity contribution is 5.43. The van der Waals surface area contributed by atoms with Crippen LogP contribution in [0.1, 0.15) is 44.2 Å². The van der Waals surface area contributed by atoms with E-state index in [2.05, 4.69) is 62.6 Å². The summed E-state index contributed by atoms with van der Waals surface area (Å²) in [7, 11) is 2.13. The van der Waals surface area contributed by atoms with Gasteiger partial charge in [0, 0.05) is 0 Å². The first-order valence-corrected chi connectivity index (χ1v) is 7.04. The molecule has 1 aromatic rings. The van der Waals surface area contributed by atoms with Gasteiger partial charge < -0.3 is 5.32 Å². The largest absolute Gasteiger partial charge is 0.310 e. The molecule has 0 saturated carbocycles. The Bertz CT molecular complexity index is 486. The maximum Gasteiger partial charge on any atom is 0.0501 e. The van der Waals surface area contributed by atoms with Crippen LogP contribution in [-0.4, -0.2) is 7.05 Å². The van der Waals surface area contributed by atoms with Gasteiger partial charge in [0.1, 0.15) is 0 Å². The van der Waals surface area contributed by atoms with Gasteiger partial charge in [0.25, 0.3) is 0 Å². The van der Waals surface area contributed by atoms with Crippen LogP contribution in [0.2, 0.25) is 0 Å². The summed E-state index contributed by atoms with van der Waals surface area (Å²) in [5, 5.41) is 3.66. The topological polar surface area (TPSA) is 12.0 Å². The van der Waals surface area contributed by atoms with E-state index in [9.17, 15) is 0 Å². The van der Waals surface area contributed by atoms with Crippen molar-refractivity contribution in [1.82, 2.24) is 5.32 Å². The SMILES string of the molecule is CN[C@@]12CC=CC[C@@H]1CC(C)(C)c1ccccc12. The summed E-state index contributed by atoms with van der Waals surface area (Å²) in [5.74, 6) is 0.720. The van der Waals surface area contributed by atoms with E-state index in [1.54, 1.807) is 0 Å². The molecule has 2 aliphatic rings. The van der Waals surface area contributed by atoms with Gasteiger partial charge in [0.05, 0.1) is 5.54 Å². The molecule has 1 aromatic carbocycles. The Morgan fingerprint density at radius 3 is 2.56 bits per heavy atom. The average molecular weight is 241 g/mol. The van der Waals surface area contributed by atoms with E-state index in [1.807, 2.05) is 0 Å². The van der Waals surface area contributed by atoms with Crippen molar-refractivity contribution < 1.29 is 0 Å². The third-order valence-corrected chi connectivity index (χ3v) is 5.06. The first-order chi connectivity index (χ1) is 8.60. The van der Waals surface area contributed by atoms with Gasteiger partial charge >= 0.3 is 0 Å². The number of fused-ring (bicyclic) bond motifs is 3. The normalized spacial score (nSPS) is 32.7. The molecule has 0 bridgehead atoms. The third-order valence-electron chi connectivity index (χ3n) is 5.06. The Morgan fingerprint density at radius 1 is 1.11 bits per heavy atom. The standard InChI is InChI=1S/C17H23N/c1-16(2)12-13-8-6-7-11-17(13,18-3)15-10-5-4-9-14(15)16/h4-7,9-10,13,18H,8,11-12H2,1-3H3/t13-,17+/m1/s1. The third kappa shape index (κ3) is 1.50. The highest BCUT2D eigenvalue weighted by atomic mass is 15.0. The van der Waals surface area contributed by atoms with Gasteiger partial charge in [0.15, 0.2) is 0 Å². The molecule has 0 amide bonds. The number of nitrogens with one attached hydrogen (secondary N) is 1. The molecule has 2 atom stereocenters. The predicted molar refractivity (Wildman–Crippen MR) is 76.7 cm³/mol. The van der Waals surface area contributed by atoms with Crippen molar-refractivity contribution in [2.45, 2.75) is 44.1 Å². The van der Waals surface area contributed by atoms with E-state index in [4.69, 9.17) is 0 Å². The lowest BCUT2D eigenvalue weighted by atomic mass is 9.57. The van der Waals surface area contributed by atoms with Gasteiger partial charge in [-0.15, -0.1) is 0 Å². The summed E-state index contributed by atoms with van der Waals surface area (Å²) in [6.07, 6.45) is 8.32. The van der Waals surface area contributed by atoms with E-state index in [0.717, 1.165) is 12.3 Å². The summed E-state index contributed by atoms with van der Waals surface area (Å²) < 4.78 is 0. The lowest BCUT2D eigenvalue weighted by Crippen LogP contribution is -2.53. The summed E-state index contributed by atoms with van der Waals surface area (Å²) in [6, 6.07) is 9.03. The molecule has 1 heteroatoms. The van der Waals surface area contributed by atoms with Crippen LogP contribution in [0.3, 0.4) is 0 Å². The van der Waals surface area contributed by atoms with E-state index >= 15 is 0 Å². The Hall–Kier alpha value is -1.08. The zero-order valence-electron chi connectivity index (χ0n) is 11.7. The molecule has 0 unspecified atom stereocenters. The average Bonchev–Trinajstić information content (AvgIpc) is 2.39. The first-order valence-electron chi connectivity index (χ1n) is 7.04. The fourth-order valence-electron chi connectivity index (χ4n) is 4.11. The van der Waals surface area contributed by atoms with Crippen molar-refractivity contribution in [1.29, 1.82) is 0 Å². The van der Waals surface area contributed by atoms with E-state index in [1.165, 1.54) is 24.0 Å². The molecule has 1 N–H and O–H groups in total. The monoisotopic (exact) mass is 241 g/mol. The lowest BCUT2D eigenvalue weighted by Gasteiger charge is -2.52. The number of benzene rings is 1. The number of allylic oxidation sites excluding steroid dienone is 1. The van der Waals surface area contributed by atoms with Crippen LogP contribution in [0.5, 0.6) is 0 Å². The highest BCUT2D eigenvalue weighted by Crippen LogP contribution is 2.52. The molecule has 96 valence electrons. The van der Waals surface area contributed by atoms with Crippen LogP contribution in [0.25, 0.3) is 0 Å². The molecule has 0 aromatic heterocycles. The van der Waals surface area contributed by atoms with Gasteiger partial charge in [-0.2, -0.15) is 0 Å². The Labute approximate surface area is 110 Å². The van der Waals surface area contributed by atoms with Crippen LogP contribution < -0.4 is 5.32 Å². The second-order valence-electron chi connectivity index (χ2n) is 6.46. The van der Waals surface area contributed by atoms with Crippen molar-refractivity contribution in [3.8, 4) is 0 Å². The Balaban J connectivity index is 2.22. The minimum atomic E-state index is 0.168. The summed E-state index contributed by atoms with van der Waals surface area (Å²) in [6.45, 7) is 4.79. The molecule has 1 nitrogen and oxygen atoms in total. The van der Waals surface area contributed by atoms with Gasteiger partial charge in [0.2, 0.25) is 0 Å². The van der Waals surface area contributed by atoms with Crippen molar-refractivity contribution in [2.75, 3.05) is 7.05 Å². The molecule has 3 rings (SSSR count). The quantitative estimate of drug-likeness (QED) is 0.738.